The van der Waals surface area contributed by atoms with Crippen LogP contribution >= 0.6 is 0 Å². The summed E-state index contributed by atoms with van der Waals surface area (Å²) in [6.45, 7) is 3.40. The fraction of sp³-hybridized carbons (Fsp3) is 0.900. The van der Waals surface area contributed by atoms with E-state index in [0.717, 1.165) is 71.1 Å². The van der Waals surface area contributed by atoms with Gasteiger partial charge in [-0.2, -0.15) is 0 Å². The molecule has 13 atom stereocenters. The summed E-state index contributed by atoms with van der Waals surface area (Å²) in [5.41, 5.74) is 0. The minimum absolute atomic E-state index is 0.168. The Balaban J connectivity index is 1.72. The van der Waals surface area contributed by atoms with Crippen LogP contribution in [0.1, 0.15) is 130 Å². The number of hydrogen-bond acceptors (Lipinski definition) is 18. The molecule has 2 saturated heterocycles. The van der Waals surface area contributed by atoms with Crippen molar-refractivity contribution in [3.05, 3.63) is 0 Å². The molecule has 19 nitrogen and oxygen atoms in total. The van der Waals surface area contributed by atoms with E-state index in [0.29, 0.717) is 32.1 Å². The Kier molecular flexibility index (Phi) is 25.7. The van der Waals surface area contributed by atoms with Crippen molar-refractivity contribution in [2.24, 2.45) is 0 Å². The van der Waals surface area contributed by atoms with Crippen molar-refractivity contribution in [2.75, 3.05) is 19.8 Å². The van der Waals surface area contributed by atoms with Gasteiger partial charge in [-0.25, -0.2) is 0 Å². The number of carboxylic acid groups (broad SMARTS) is 1. The van der Waals surface area contributed by atoms with Crippen LogP contribution in [-0.4, -0.2) is 164 Å². The maximum atomic E-state index is 12.7. The van der Waals surface area contributed by atoms with E-state index in [1.807, 2.05) is 6.92 Å². The summed E-state index contributed by atoms with van der Waals surface area (Å²) in [7, 11) is 0. The smallest absolute Gasteiger partial charge is 0.308 e. The van der Waals surface area contributed by atoms with Gasteiger partial charge in [0.1, 0.15) is 55.9 Å². The molecule has 2 aliphatic heterocycles. The number of hydrogen-bond donors (Lipinski definition) is 8. The van der Waals surface area contributed by atoms with Crippen LogP contribution in [0.25, 0.3) is 0 Å². The van der Waals surface area contributed by atoms with Gasteiger partial charge >= 0.3 is 23.9 Å². The van der Waals surface area contributed by atoms with Crippen LogP contribution in [-0.2, 0) is 52.3 Å². The number of aliphatic carboxylic acids is 1. The van der Waals surface area contributed by atoms with E-state index < -0.39 is 117 Å². The number of carboxylic acids is 1. The summed E-state index contributed by atoms with van der Waals surface area (Å²) >= 11 is 0. The summed E-state index contributed by atoms with van der Waals surface area (Å²) in [6, 6.07) is 0. The van der Waals surface area contributed by atoms with E-state index in [9.17, 15) is 60.0 Å². The first-order valence-electron chi connectivity index (χ1n) is 21.1. The zero-order valence-electron chi connectivity index (χ0n) is 34.7. The number of aliphatic hydroxyl groups excluding tert-OH is 7. The van der Waals surface area contributed by atoms with Crippen molar-refractivity contribution >= 4 is 23.9 Å². The fourth-order valence-corrected chi connectivity index (χ4v) is 6.89. The summed E-state index contributed by atoms with van der Waals surface area (Å²) in [5, 5.41) is 82.5. The van der Waals surface area contributed by atoms with Crippen molar-refractivity contribution < 1.29 is 93.2 Å². The molecule has 344 valence electrons. The van der Waals surface area contributed by atoms with Crippen molar-refractivity contribution in [3.63, 3.8) is 0 Å². The van der Waals surface area contributed by atoms with Crippen LogP contribution in [0.5, 0.6) is 0 Å². The van der Waals surface area contributed by atoms with Crippen molar-refractivity contribution in [2.45, 2.75) is 210 Å². The summed E-state index contributed by atoms with van der Waals surface area (Å²) in [5.74, 6) is -3.26. The second-order valence-corrected chi connectivity index (χ2v) is 15.6. The van der Waals surface area contributed by atoms with Gasteiger partial charge in [0.05, 0.1) is 37.8 Å². The molecular weight excluding hydrogens is 784 g/mol. The SMILES string of the molecule is CCCCCC(O)CC(=O)O[C@@H]1[C@@H](O)[C@H](OC(CCCCCCCCCCCC(O)CO[C@@H]2O[C@H](COC(C)=O)[C@@H](O)[C@H](O)[C@H]2O)CC(=O)O)O[C@H](COC(C)=O)[C@H]1O. The molecule has 0 saturated carbocycles. The molecule has 3 unspecified atom stereocenters. The molecule has 2 heterocycles. The molecule has 2 fully saturated rings. The fourth-order valence-electron chi connectivity index (χ4n) is 6.89. The Hall–Kier alpha value is -2.56. The van der Waals surface area contributed by atoms with Gasteiger partial charge < -0.3 is 74.0 Å². The molecule has 2 aliphatic rings. The zero-order valence-corrected chi connectivity index (χ0v) is 34.7. The molecule has 59 heavy (non-hydrogen) atoms. The summed E-state index contributed by atoms with van der Waals surface area (Å²) < 4.78 is 37.7. The Morgan fingerprint density at radius 3 is 1.66 bits per heavy atom. The molecular formula is C40H70O19. The summed E-state index contributed by atoms with van der Waals surface area (Å²) in [6.07, 6.45) is -6.79. The normalized spacial score (nSPS) is 28.6. The molecule has 0 bridgehead atoms. The number of carbonyl (C=O) groups excluding carboxylic acids is 3. The van der Waals surface area contributed by atoms with E-state index in [4.69, 9.17) is 33.2 Å². The number of aliphatic hydroxyl groups is 7. The van der Waals surface area contributed by atoms with Gasteiger partial charge in [0, 0.05) is 13.8 Å². The first-order valence-corrected chi connectivity index (χ1v) is 21.1. The van der Waals surface area contributed by atoms with Crippen LogP contribution in [0.2, 0.25) is 0 Å². The first kappa shape index (κ1) is 52.6. The minimum Gasteiger partial charge on any atom is -0.481 e. The van der Waals surface area contributed by atoms with Gasteiger partial charge in [-0.1, -0.05) is 84.0 Å². The van der Waals surface area contributed by atoms with Gasteiger partial charge in [0.15, 0.2) is 18.7 Å². The maximum absolute atomic E-state index is 12.7. The highest BCUT2D eigenvalue weighted by Gasteiger charge is 2.49. The highest BCUT2D eigenvalue weighted by atomic mass is 16.7. The molecule has 0 radical (unpaired) electrons. The second kappa shape index (κ2) is 28.9. The lowest BCUT2D eigenvalue weighted by atomic mass is 9.98. The molecule has 0 aromatic carbocycles. The topological polar surface area (TPSA) is 295 Å². The van der Waals surface area contributed by atoms with E-state index in [-0.39, 0.29) is 19.6 Å². The lowest BCUT2D eigenvalue weighted by molar-refractivity contribution is -0.314. The van der Waals surface area contributed by atoms with Crippen LogP contribution in [0.4, 0.5) is 0 Å². The van der Waals surface area contributed by atoms with Gasteiger partial charge in [-0.3, -0.25) is 19.2 Å². The monoisotopic (exact) mass is 854 g/mol. The van der Waals surface area contributed by atoms with E-state index >= 15 is 0 Å². The number of rotatable bonds is 30. The van der Waals surface area contributed by atoms with Gasteiger partial charge in [0.25, 0.3) is 0 Å². The Morgan fingerprint density at radius 2 is 1.10 bits per heavy atom. The molecule has 0 aliphatic carbocycles. The highest BCUT2D eigenvalue weighted by Crippen LogP contribution is 2.28. The lowest BCUT2D eigenvalue weighted by Crippen LogP contribution is -2.61. The largest absolute Gasteiger partial charge is 0.481 e. The minimum atomic E-state index is -1.71. The number of unbranched alkanes of at least 4 members (excludes halogenated alkanes) is 10. The second-order valence-electron chi connectivity index (χ2n) is 15.6. The Morgan fingerprint density at radius 1 is 0.593 bits per heavy atom. The van der Waals surface area contributed by atoms with Crippen molar-refractivity contribution in [3.8, 4) is 0 Å². The van der Waals surface area contributed by atoms with E-state index in [1.165, 1.54) is 6.92 Å². The number of ether oxygens (including phenoxy) is 7. The molecule has 19 heteroatoms. The first-order chi connectivity index (χ1) is 28.0. The molecule has 2 rings (SSSR count). The highest BCUT2D eigenvalue weighted by molar-refractivity contribution is 5.70. The van der Waals surface area contributed by atoms with Gasteiger partial charge in [-0.05, 0) is 19.3 Å². The van der Waals surface area contributed by atoms with Crippen molar-refractivity contribution in [1.29, 1.82) is 0 Å². The zero-order chi connectivity index (χ0) is 43.9. The quantitative estimate of drug-likeness (QED) is 0.0285. The summed E-state index contributed by atoms with van der Waals surface area (Å²) in [4.78, 5) is 46.9. The predicted octanol–water partition coefficient (Wildman–Crippen LogP) is 1.14. The predicted molar refractivity (Wildman–Crippen MR) is 205 cm³/mol. The van der Waals surface area contributed by atoms with Crippen LogP contribution in [0.3, 0.4) is 0 Å². The molecule has 8 N–H and O–H groups in total. The third-order valence-corrected chi connectivity index (χ3v) is 10.3. The molecule has 0 spiro atoms. The van der Waals surface area contributed by atoms with Gasteiger partial charge in [0.2, 0.25) is 0 Å². The standard InChI is InChI=1S/C40H70O19/c1-4-5-13-16-26(43)19-32(47)59-38-34(49)30(23-54-25(3)42)58-40(37(38)52)56-28(20-31(45)46)18-15-12-10-8-6-7-9-11-14-17-27(44)21-55-39-36(51)35(50)33(48)29(57-39)22-53-24(2)41/h26-30,33-40,43-44,48-52H,4-23H2,1-3H3,(H,45,46)/t26?,27?,28?,29-,30-,33-,34-,35+,36-,37-,38+,39-,40-/m1/s1. The van der Waals surface area contributed by atoms with Crippen LogP contribution in [0, 0.1) is 0 Å². The maximum Gasteiger partial charge on any atom is 0.308 e. The number of carbonyl (C=O) groups is 4. The molecule has 0 amide bonds. The third-order valence-electron chi connectivity index (χ3n) is 10.3. The molecule has 0 aromatic rings. The Bertz CT molecular complexity index is 1210. The van der Waals surface area contributed by atoms with E-state index in [2.05, 4.69) is 0 Å². The Labute approximate surface area is 346 Å². The third kappa shape index (κ3) is 20.7. The average Bonchev–Trinajstić information content (AvgIpc) is 3.17. The number of esters is 3. The molecule has 0 aromatic heterocycles. The van der Waals surface area contributed by atoms with Gasteiger partial charge in [-0.15, -0.1) is 0 Å². The average molecular weight is 855 g/mol. The van der Waals surface area contributed by atoms with Crippen LogP contribution in [0.15, 0.2) is 0 Å². The van der Waals surface area contributed by atoms with Crippen molar-refractivity contribution in [1.82, 2.24) is 0 Å². The lowest BCUT2D eigenvalue weighted by Gasteiger charge is -2.42. The van der Waals surface area contributed by atoms with Crippen LogP contribution < -0.4 is 0 Å². The van der Waals surface area contributed by atoms with E-state index in [1.54, 1.807) is 0 Å².